The number of ether oxygens (including phenoxy) is 2. The van der Waals surface area contributed by atoms with Crippen LogP contribution in [0, 0.1) is 5.41 Å². The minimum Gasteiger partial charge on any atom is -0.385 e. The standard InChI is InChI=1S/C17H34N4O2/c1-18-16(19-12-15-13-21(2)9-11-23-15)20-14-17(8-10-22-3)6-4-5-7-17/h15H,4-14H2,1-3H3,(H2,18,19,20). The molecule has 0 aromatic carbocycles. The monoisotopic (exact) mass is 326 g/mol. The number of guanidine groups is 1. The van der Waals surface area contributed by atoms with Gasteiger partial charge in [0.25, 0.3) is 0 Å². The molecule has 1 aliphatic carbocycles. The van der Waals surface area contributed by atoms with Gasteiger partial charge in [0, 0.05) is 46.9 Å². The summed E-state index contributed by atoms with van der Waals surface area (Å²) in [5, 5.41) is 6.94. The van der Waals surface area contributed by atoms with E-state index in [0.29, 0.717) is 5.41 Å². The number of aliphatic imine (C=N–C) groups is 1. The van der Waals surface area contributed by atoms with Crippen molar-refractivity contribution in [1.29, 1.82) is 0 Å². The van der Waals surface area contributed by atoms with Crippen molar-refractivity contribution >= 4 is 5.96 Å². The third-order valence-corrected chi connectivity index (χ3v) is 5.19. The number of methoxy groups -OCH3 is 1. The lowest BCUT2D eigenvalue weighted by Crippen LogP contribution is -2.49. The zero-order chi connectivity index (χ0) is 16.5. The third-order valence-electron chi connectivity index (χ3n) is 5.19. The van der Waals surface area contributed by atoms with Gasteiger partial charge in [-0.05, 0) is 31.7 Å². The fraction of sp³-hybridized carbons (Fsp3) is 0.941. The summed E-state index contributed by atoms with van der Waals surface area (Å²) in [6, 6.07) is 0. The van der Waals surface area contributed by atoms with Gasteiger partial charge in [-0.2, -0.15) is 0 Å². The third kappa shape index (κ3) is 5.94. The van der Waals surface area contributed by atoms with Crippen molar-refractivity contribution in [2.75, 3.05) is 60.6 Å². The molecule has 1 aliphatic heterocycles. The Morgan fingerprint density at radius 1 is 1.35 bits per heavy atom. The Morgan fingerprint density at radius 2 is 2.13 bits per heavy atom. The molecule has 1 heterocycles. The molecule has 0 aromatic rings. The van der Waals surface area contributed by atoms with E-state index in [4.69, 9.17) is 9.47 Å². The molecule has 1 unspecified atom stereocenters. The maximum atomic E-state index is 5.79. The van der Waals surface area contributed by atoms with E-state index >= 15 is 0 Å². The normalized spacial score (nSPS) is 25.5. The second-order valence-electron chi connectivity index (χ2n) is 7.01. The molecule has 2 N–H and O–H groups in total. The Labute approximate surface area is 141 Å². The summed E-state index contributed by atoms with van der Waals surface area (Å²) in [7, 11) is 5.76. The Kier molecular flexibility index (Phi) is 7.59. The Balaban J connectivity index is 1.75. The number of hydrogen-bond acceptors (Lipinski definition) is 4. The van der Waals surface area contributed by atoms with Crippen molar-refractivity contribution in [3.05, 3.63) is 0 Å². The first kappa shape index (κ1) is 18.5. The van der Waals surface area contributed by atoms with E-state index in [9.17, 15) is 0 Å². The van der Waals surface area contributed by atoms with Gasteiger partial charge in [-0.25, -0.2) is 0 Å². The van der Waals surface area contributed by atoms with Crippen LogP contribution in [0.15, 0.2) is 4.99 Å². The fourth-order valence-corrected chi connectivity index (χ4v) is 3.65. The number of rotatable bonds is 7. The molecule has 1 saturated carbocycles. The van der Waals surface area contributed by atoms with Gasteiger partial charge >= 0.3 is 0 Å². The van der Waals surface area contributed by atoms with Crippen molar-refractivity contribution in [3.63, 3.8) is 0 Å². The molecule has 2 aliphatic rings. The summed E-state index contributed by atoms with van der Waals surface area (Å²) in [6.45, 7) is 5.43. The summed E-state index contributed by atoms with van der Waals surface area (Å²) in [4.78, 5) is 6.67. The van der Waals surface area contributed by atoms with Crippen LogP contribution in [0.3, 0.4) is 0 Å². The van der Waals surface area contributed by atoms with E-state index in [1.165, 1.54) is 25.7 Å². The molecule has 2 fully saturated rings. The number of likely N-dealkylation sites (N-methyl/N-ethyl adjacent to an activating group) is 1. The molecular formula is C17H34N4O2. The van der Waals surface area contributed by atoms with Gasteiger partial charge in [0.1, 0.15) is 0 Å². The summed E-state index contributed by atoms with van der Waals surface area (Å²) >= 11 is 0. The molecule has 23 heavy (non-hydrogen) atoms. The maximum absolute atomic E-state index is 5.79. The van der Waals surface area contributed by atoms with Gasteiger partial charge < -0.3 is 25.0 Å². The summed E-state index contributed by atoms with van der Waals surface area (Å²) in [5.74, 6) is 0.880. The quantitative estimate of drug-likeness (QED) is 0.542. The molecule has 0 spiro atoms. The van der Waals surface area contributed by atoms with Gasteiger partial charge in [-0.1, -0.05) is 12.8 Å². The average Bonchev–Trinajstić information content (AvgIpc) is 3.02. The zero-order valence-electron chi connectivity index (χ0n) is 15.1. The van der Waals surface area contributed by atoms with Crippen LogP contribution in [0.2, 0.25) is 0 Å². The largest absolute Gasteiger partial charge is 0.385 e. The Hall–Kier alpha value is -0.850. The van der Waals surface area contributed by atoms with Crippen molar-refractivity contribution in [2.45, 2.75) is 38.2 Å². The van der Waals surface area contributed by atoms with Gasteiger partial charge in [0.15, 0.2) is 5.96 Å². The maximum Gasteiger partial charge on any atom is 0.191 e. The van der Waals surface area contributed by atoms with Crippen LogP contribution < -0.4 is 10.6 Å². The average molecular weight is 326 g/mol. The minimum atomic E-state index is 0.237. The lowest BCUT2D eigenvalue weighted by atomic mass is 9.83. The lowest BCUT2D eigenvalue weighted by molar-refractivity contribution is -0.0161. The number of morpholine rings is 1. The molecular weight excluding hydrogens is 292 g/mol. The van der Waals surface area contributed by atoms with Crippen LogP contribution in [0.4, 0.5) is 0 Å². The predicted molar refractivity (Wildman–Crippen MR) is 94.0 cm³/mol. The fourth-order valence-electron chi connectivity index (χ4n) is 3.65. The molecule has 0 amide bonds. The van der Waals surface area contributed by atoms with Crippen LogP contribution >= 0.6 is 0 Å². The van der Waals surface area contributed by atoms with Crippen molar-refractivity contribution in [3.8, 4) is 0 Å². The smallest absolute Gasteiger partial charge is 0.191 e. The molecule has 2 rings (SSSR count). The van der Waals surface area contributed by atoms with Crippen LogP contribution in [0.1, 0.15) is 32.1 Å². The number of nitrogens with zero attached hydrogens (tertiary/aromatic N) is 2. The predicted octanol–water partition coefficient (Wildman–Crippen LogP) is 1.08. The van der Waals surface area contributed by atoms with Crippen molar-refractivity contribution in [2.24, 2.45) is 10.4 Å². The van der Waals surface area contributed by atoms with E-state index in [-0.39, 0.29) is 6.10 Å². The van der Waals surface area contributed by atoms with Crippen molar-refractivity contribution in [1.82, 2.24) is 15.5 Å². The number of hydrogen-bond donors (Lipinski definition) is 2. The molecule has 1 atom stereocenters. The van der Waals surface area contributed by atoms with Crippen LogP contribution in [0.5, 0.6) is 0 Å². The second kappa shape index (κ2) is 9.45. The molecule has 0 aromatic heterocycles. The van der Waals surface area contributed by atoms with Gasteiger partial charge in [-0.15, -0.1) is 0 Å². The molecule has 0 radical (unpaired) electrons. The highest BCUT2D eigenvalue weighted by molar-refractivity contribution is 5.79. The lowest BCUT2D eigenvalue weighted by Gasteiger charge is -2.32. The highest BCUT2D eigenvalue weighted by Crippen LogP contribution is 2.40. The van der Waals surface area contributed by atoms with E-state index in [0.717, 1.165) is 51.8 Å². The van der Waals surface area contributed by atoms with Crippen LogP contribution in [-0.4, -0.2) is 77.6 Å². The van der Waals surface area contributed by atoms with Gasteiger partial charge in [0.2, 0.25) is 0 Å². The van der Waals surface area contributed by atoms with Crippen molar-refractivity contribution < 1.29 is 9.47 Å². The Morgan fingerprint density at radius 3 is 2.78 bits per heavy atom. The first-order valence-corrected chi connectivity index (χ1v) is 8.91. The highest BCUT2D eigenvalue weighted by atomic mass is 16.5. The van der Waals surface area contributed by atoms with E-state index < -0.39 is 0 Å². The highest BCUT2D eigenvalue weighted by Gasteiger charge is 2.33. The molecule has 6 nitrogen and oxygen atoms in total. The molecule has 6 heteroatoms. The molecule has 0 bridgehead atoms. The molecule has 1 saturated heterocycles. The van der Waals surface area contributed by atoms with E-state index in [2.05, 4.69) is 27.6 Å². The zero-order valence-corrected chi connectivity index (χ0v) is 15.1. The van der Waals surface area contributed by atoms with Gasteiger partial charge in [-0.3, -0.25) is 4.99 Å². The number of nitrogens with one attached hydrogen (secondary N) is 2. The van der Waals surface area contributed by atoms with E-state index in [1.807, 2.05) is 7.05 Å². The van der Waals surface area contributed by atoms with Crippen LogP contribution in [0.25, 0.3) is 0 Å². The van der Waals surface area contributed by atoms with Gasteiger partial charge in [0.05, 0.1) is 12.7 Å². The topological polar surface area (TPSA) is 58.1 Å². The summed E-state index contributed by atoms with van der Waals surface area (Å²) in [5.41, 5.74) is 0.370. The first-order chi connectivity index (χ1) is 11.2. The van der Waals surface area contributed by atoms with Crippen LogP contribution in [-0.2, 0) is 9.47 Å². The second-order valence-corrected chi connectivity index (χ2v) is 7.01. The minimum absolute atomic E-state index is 0.237. The Bertz CT molecular complexity index is 370. The SMILES string of the molecule is CN=C(NCC1CN(C)CCO1)NCC1(CCOC)CCCC1. The first-order valence-electron chi connectivity index (χ1n) is 8.91. The van der Waals surface area contributed by atoms with E-state index in [1.54, 1.807) is 7.11 Å². The molecule has 134 valence electrons. The summed E-state index contributed by atoms with van der Waals surface area (Å²) in [6.07, 6.45) is 6.61. The summed E-state index contributed by atoms with van der Waals surface area (Å²) < 4.78 is 11.1.